The minimum Gasteiger partial charge on any atom is -0.355 e. The summed E-state index contributed by atoms with van der Waals surface area (Å²) in [6.07, 6.45) is 2.39. The highest BCUT2D eigenvalue weighted by Crippen LogP contribution is 2.52. The topological polar surface area (TPSA) is 17.0 Å². The lowest BCUT2D eigenvalue weighted by Crippen LogP contribution is -2.37. The maximum Gasteiger partial charge on any atom is 0.197 e. The fourth-order valence-corrected chi connectivity index (χ4v) is 16.2. The SMILES string of the molecule is CC(C)(C)c1ccc(Nc2cc3sc4cc5c(cc4c3cc2-c2ccc3c4cc6c(cc4n4c3c2[B]c2cc3sc(-c7ccccc7)c(-c7ccccc7)c3cc2-4)sc2ccccc26)C(C)(C)CCC5(C)C)cc1. The molecule has 0 saturated carbocycles. The van der Waals surface area contributed by atoms with Crippen LogP contribution in [0.25, 0.3) is 111 Å². The molecule has 1 aliphatic carbocycles. The first-order chi connectivity index (χ1) is 35.8. The van der Waals surface area contributed by atoms with Crippen molar-refractivity contribution in [3.63, 3.8) is 0 Å². The minimum atomic E-state index is 0.0633. The monoisotopic (exact) mass is 1010 g/mol. The van der Waals surface area contributed by atoms with Gasteiger partial charge in [0.05, 0.1) is 5.52 Å². The Labute approximate surface area is 445 Å². The molecular weight excluding hydrogens is 952 g/mol. The van der Waals surface area contributed by atoms with Crippen molar-refractivity contribution < 1.29 is 0 Å². The summed E-state index contributed by atoms with van der Waals surface area (Å²) in [6.45, 7) is 16.7. The van der Waals surface area contributed by atoms with Crippen molar-refractivity contribution in [2.45, 2.75) is 77.6 Å². The maximum atomic E-state index is 4.03. The Bertz CT molecular complexity index is 4500. The minimum absolute atomic E-state index is 0.0633. The molecule has 1 N–H and O–H groups in total. The highest BCUT2D eigenvalue weighted by atomic mass is 32.1. The van der Waals surface area contributed by atoms with Gasteiger partial charge in [0.2, 0.25) is 0 Å². The molecule has 2 nitrogen and oxygen atoms in total. The van der Waals surface area contributed by atoms with Gasteiger partial charge in [0, 0.05) is 99.8 Å². The van der Waals surface area contributed by atoms with Gasteiger partial charge in [-0.15, -0.1) is 34.0 Å². The normalized spacial score (nSPS) is 14.9. The Balaban J connectivity index is 1.02. The first-order valence-electron chi connectivity index (χ1n) is 26.2. The number of hydrogen-bond acceptors (Lipinski definition) is 4. The first kappa shape index (κ1) is 44.5. The lowest BCUT2D eigenvalue weighted by atomic mass is 9.59. The van der Waals surface area contributed by atoms with Crippen molar-refractivity contribution in [2.24, 2.45) is 0 Å². The van der Waals surface area contributed by atoms with E-state index in [2.05, 4.69) is 235 Å². The summed E-state index contributed by atoms with van der Waals surface area (Å²) in [5, 5.41) is 13.2. The zero-order chi connectivity index (χ0) is 50.0. The zero-order valence-corrected chi connectivity index (χ0v) is 45.3. The summed E-state index contributed by atoms with van der Waals surface area (Å²) in [6, 6.07) is 65.0. The van der Waals surface area contributed by atoms with Gasteiger partial charge in [0.15, 0.2) is 7.28 Å². The van der Waals surface area contributed by atoms with Gasteiger partial charge >= 0.3 is 0 Å². The molecular formula is C68H54BN2S3. The highest BCUT2D eigenvalue weighted by molar-refractivity contribution is 7.26. The molecule has 15 rings (SSSR count). The van der Waals surface area contributed by atoms with E-state index in [1.807, 2.05) is 34.0 Å². The maximum absolute atomic E-state index is 4.03. The Hall–Kier alpha value is -6.96. The lowest BCUT2D eigenvalue weighted by molar-refractivity contribution is 0.332. The third-order valence-corrected chi connectivity index (χ3v) is 20.3. The predicted octanol–water partition coefficient (Wildman–Crippen LogP) is 19.1. The summed E-state index contributed by atoms with van der Waals surface area (Å²) >= 11 is 5.76. The number of benzene rings is 9. The smallest absolute Gasteiger partial charge is 0.197 e. The van der Waals surface area contributed by atoms with Crippen LogP contribution in [-0.2, 0) is 16.2 Å². The third-order valence-electron chi connectivity index (χ3n) is 16.8. The van der Waals surface area contributed by atoms with Crippen molar-refractivity contribution >= 4 is 136 Å². The van der Waals surface area contributed by atoms with Crippen LogP contribution in [-0.4, -0.2) is 11.8 Å². The first-order valence-corrected chi connectivity index (χ1v) is 28.6. The summed E-state index contributed by atoms with van der Waals surface area (Å²) in [4.78, 5) is 1.30. The Morgan fingerprint density at radius 1 is 0.500 bits per heavy atom. The van der Waals surface area contributed by atoms with E-state index in [1.54, 1.807) is 0 Å². The van der Waals surface area contributed by atoms with E-state index in [0.29, 0.717) is 0 Å². The van der Waals surface area contributed by atoms with Crippen LogP contribution in [0.1, 0.15) is 78.0 Å². The molecule has 6 heteroatoms. The molecule has 0 bridgehead atoms. The molecule has 0 saturated heterocycles. The molecule has 0 amide bonds. The second-order valence-electron chi connectivity index (χ2n) is 23.4. The molecule has 4 aromatic heterocycles. The number of thiophene rings is 3. The van der Waals surface area contributed by atoms with Crippen LogP contribution in [0.3, 0.4) is 0 Å². The fraction of sp³-hybridized carbons (Fsp3) is 0.176. The fourth-order valence-electron chi connectivity index (χ4n) is 12.7. The van der Waals surface area contributed by atoms with E-state index in [0.717, 1.165) is 11.4 Å². The van der Waals surface area contributed by atoms with Gasteiger partial charge in [-0.05, 0) is 135 Å². The molecule has 5 heterocycles. The van der Waals surface area contributed by atoms with E-state index < -0.39 is 0 Å². The number of anilines is 2. The van der Waals surface area contributed by atoms with Crippen LogP contribution in [0.2, 0.25) is 0 Å². The number of rotatable bonds is 5. The van der Waals surface area contributed by atoms with Crippen molar-refractivity contribution in [3.8, 4) is 38.4 Å². The van der Waals surface area contributed by atoms with Gasteiger partial charge in [-0.1, -0.05) is 157 Å². The Morgan fingerprint density at radius 3 is 1.89 bits per heavy atom. The van der Waals surface area contributed by atoms with Crippen LogP contribution < -0.4 is 16.2 Å². The highest BCUT2D eigenvalue weighted by Gasteiger charge is 2.38. The average molecular weight is 1010 g/mol. The standard InChI is InChI=1S/C68H54BN2S3/c1-66(2,3)40-22-24-41(25-23-40)70-54-36-60-48(49-32-51-52(34-58(49)73-60)68(6,7)29-28-67(51,4)5)30-45(54)43-26-27-44-46-31-47-42-20-14-15-21-57(42)72-61(47)37-55(46)71-56-33-50-59(35-53(56)69-63(43)64(44)71)74-65(39-18-12-9-13-19-39)62(50)38-16-10-8-11-17-38/h8-27,30-37,70H,28-29H2,1-7H3. The number of fused-ring (bicyclic) bond motifs is 13. The van der Waals surface area contributed by atoms with Crippen molar-refractivity contribution in [2.75, 3.05) is 5.32 Å². The molecule has 357 valence electrons. The Kier molecular flexibility index (Phi) is 9.50. The molecule has 0 spiro atoms. The van der Waals surface area contributed by atoms with Gasteiger partial charge in [-0.2, -0.15) is 0 Å². The predicted molar refractivity (Wildman–Crippen MR) is 327 cm³/mol. The second kappa shape index (κ2) is 15.8. The van der Waals surface area contributed by atoms with Gasteiger partial charge in [-0.3, -0.25) is 0 Å². The molecule has 1 aliphatic heterocycles. The van der Waals surface area contributed by atoms with Crippen molar-refractivity contribution in [3.05, 3.63) is 187 Å². The number of hydrogen-bond donors (Lipinski definition) is 1. The van der Waals surface area contributed by atoms with Gasteiger partial charge in [0.25, 0.3) is 0 Å². The van der Waals surface area contributed by atoms with Crippen molar-refractivity contribution in [1.82, 2.24) is 4.57 Å². The van der Waals surface area contributed by atoms with Crippen LogP contribution in [0, 0.1) is 0 Å². The molecule has 74 heavy (non-hydrogen) atoms. The zero-order valence-electron chi connectivity index (χ0n) is 42.8. The van der Waals surface area contributed by atoms with Gasteiger partial charge in [0.1, 0.15) is 0 Å². The van der Waals surface area contributed by atoms with Crippen molar-refractivity contribution in [1.29, 1.82) is 0 Å². The van der Waals surface area contributed by atoms with Gasteiger partial charge in [-0.25, -0.2) is 0 Å². The van der Waals surface area contributed by atoms with Crippen LogP contribution in [0.15, 0.2) is 170 Å². The summed E-state index contributed by atoms with van der Waals surface area (Å²) < 4.78 is 9.24. The quantitative estimate of drug-likeness (QED) is 0.170. The summed E-state index contributed by atoms with van der Waals surface area (Å²) in [5.41, 5.74) is 19.3. The number of aromatic nitrogens is 1. The summed E-state index contributed by atoms with van der Waals surface area (Å²) in [7, 11) is 2.52. The van der Waals surface area contributed by atoms with Gasteiger partial charge < -0.3 is 9.88 Å². The largest absolute Gasteiger partial charge is 0.355 e. The van der Waals surface area contributed by atoms with Crippen LogP contribution in [0.5, 0.6) is 0 Å². The third kappa shape index (κ3) is 6.67. The molecule has 2 aliphatic rings. The lowest BCUT2D eigenvalue weighted by Gasteiger charge is -2.41. The molecule has 13 aromatic rings. The van der Waals surface area contributed by atoms with E-state index in [-0.39, 0.29) is 16.2 Å². The van der Waals surface area contributed by atoms with E-state index in [4.69, 9.17) is 0 Å². The van der Waals surface area contributed by atoms with E-state index >= 15 is 0 Å². The van der Waals surface area contributed by atoms with Crippen LogP contribution in [0.4, 0.5) is 11.4 Å². The molecule has 1 radical (unpaired) electrons. The average Bonchev–Trinajstić information content (AvgIpc) is 4.15. The number of nitrogens with zero attached hydrogens (tertiary/aromatic N) is 1. The van der Waals surface area contributed by atoms with E-state index in [9.17, 15) is 0 Å². The van der Waals surface area contributed by atoms with E-state index in [1.165, 1.54) is 151 Å². The molecule has 0 unspecified atom stereocenters. The second-order valence-corrected chi connectivity index (χ2v) is 26.6. The molecule has 9 aromatic carbocycles. The molecule has 0 atom stereocenters. The molecule has 0 fully saturated rings. The number of nitrogens with one attached hydrogen (secondary N) is 1. The summed E-state index contributed by atoms with van der Waals surface area (Å²) in [5.74, 6) is 0. The Morgan fingerprint density at radius 2 is 1.14 bits per heavy atom. The van der Waals surface area contributed by atoms with Crippen LogP contribution >= 0.6 is 34.0 Å².